The fourth-order valence-electron chi connectivity index (χ4n) is 1.63. The molecule has 0 spiro atoms. The first-order valence-electron chi connectivity index (χ1n) is 6.07. The molecule has 20 heavy (non-hydrogen) atoms. The number of carbonyl (C=O) groups excluding carboxylic acids is 1. The molecule has 0 unspecified atom stereocenters. The van der Waals surface area contributed by atoms with Gasteiger partial charge in [-0.2, -0.15) is 0 Å². The summed E-state index contributed by atoms with van der Waals surface area (Å²) in [7, 11) is 0. The minimum Gasteiger partial charge on any atom is -0.507 e. The summed E-state index contributed by atoms with van der Waals surface area (Å²) in [5, 5.41) is 12.0. The third kappa shape index (κ3) is 3.98. The number of amides is 1. The molecule has 2 aromatic rings. The zero-order valence-electron chi connectivity index (χ0n) is 10.7. The van der Waals surface area contributed by atoms with Crippen molar-refractivity contribution in [1.29, 1.82) is 0 Å². The molecule has 0 aliphatic heterocycles. The predicted molar refractivity (Wildman–Crippen MR) is 71.5 cm³/mol. The molecule has 0 aromatic heterocycles. The van der Waals surface area contributed by atoms with E-state index in [-0.39, 0.29) is 18.9 Å². The molecule has 0 saturated carbocycles. The first-order valence-corrected chi connectivity index (χ1v) is 6.07. The number of aromatic hydroxyl groups is 1. The molecule has 0 aliphatic carbocycles. The lowest BCUT2D eigenvalue weighted by Crippen LogP contribution is -2.23. The van der Waals surface area contributed by atoms with E-state index in [0.717, 1.165) is 11.6 Å². The maximum atomic E-state index is 12.8. The van der Waals surface area contributed by atoms with E-state index in [0.29, 0.717) is 5.56 Å². The van der Waals surface area contributed by atoms with Crippen LogP contribution in [0.2, 0.25) is 0 Å². The van der Waals surface area contributed by atoms with Crippen LogP contribution < -0.4 is 5.32 Å². The van der Waals surface area contributed by atoms with E-state index in [9.17, 15) is 14.3 Å². The Morgan fingerprint density at radius 3 is 2.65 bits per heavy atom. The zero-order valence-corrected chi connectivity index (χ0v) is 10.7. The van der Waals surface area contributed by atoms with Crippen LogP contribution in [0.4, 0.5) is 9.18 Å². The summed E-state index contributed by atoms with van der Waals surface area (Å²) in [5.41, 5.74) is 1.30. The molecule has 1 amide bonds. The molecular formula is C15H14FNO3. The minimum atomic E-state index is -0.599. The molecule has 4 nitrogen and oxygen atoms in total. The quantitative estimate of drug-likeness (QED) is 0.902. The number of rotatable bonds is 4. The van der Waals surface area contributed by atoms with Crippen molar-refractivity contribution < 1.29 is 19.0 Å². The fourth-order valence-corrected chi connectivity index (χ4v) is 1.63. The maximum absolute atomic E-state index is 12.8. The van der Waals surface area contributed by atoms with Gasteiger partial charge in [0.2, 0.25) is 0 Å². The highest BCUT2D eigenvalue weighted by molar-refractivity contribution is 5.67. The van der Waals surface area contributed by atoms with Crippen molar-refractivity contribution >= 4 is 6.09 Å². The Morgan fingerprint density at radius 1 is 1.20 bits per heavy atom. The maximum Gasteiger partial charge on any atom is 0.407 e. The summed E-state index contributed by atoms with van der Waals surface area (Å²) in [6.45, 7) is 0.238. The van der Waals surface area contributed by atoms with Gasteiger partial charge in [-0.3, -0.25) is 0 Å². The number of alkyl carbamates (subject to hydrolysis) is 1. The first-order chi connectivity index (χ1) is 9.65. The topological polar surface area (TPSA) is 58.6 Å². The predicted octanol–water partition coefficient (Wildman–Crippen LogP) is 2.96. The number of nitrogens with one attached hydrogen (secondary N) is 1. The Labute approximate surface area is 115 Å². The lowest BCUT2D eigenvalue weighted by Gasteiger charge is -2.08. The van der Waals surface area contributed by atoms with Gasteiger partial charge in [0.15, 0.2) is 0 Å². The van der Waals surface area contributed by atoms with Crippen molar-refractivity contribution in [1.82, 2.24) is 5.32 Å². The van der Waals surface area contributed by atoms with Crippen LogP contribution in [0.15, 0.2) is 48.5 Å². The van der Waals surface area contributed by atoms with Gasteiger partial charge >= 0.3 is 6.09 Å². The summed E-state index contributed by atoms with van der Waals surface area (Å²) in [6.07, 6.45) is -0.599. The first kappa shape index (κ1) is 13.9. The van der Waals surface area contributed by atoms with Gasteiger partial charge in [-0.05, 0) is 11.6 Å². The van der Waals surface area contributed by atoms with E-state index in [4.69, 9.17) is 4.74 Å². The third-order valence-electron chi connectivity index (χ3n) is 2.68. The molecule has 0 radical (unpaired) electrons. The fraction of sp³-hybridized carbons (Fsp3) is 0.133. The van der Waals surface area contributed by atoms with Crippen LogP contribution >= 0.6 is 0 Å². The molecule has 104 valence electrons. The lowest BCUT2D eigenvalue weighted by atomic mass is 10.2. The van der Waals surface area contributed by atoms with Crippen molar-refractivity contribution in [2.75, 3.05) is 0 Å². The normalized spacial score (nSPS) is 10.1. The van der Waals surface area contributed by atoms with Crippen LogP contribution in [0.25, 0.3) is 0 Å². The largest absolute Gasteiger partial charge is 0.507 e. The van der Waals surface area contributed by atoms with Crippen LogP contribution in [-0.4, -0.2) is 11.2 Å². The molecule has 0 heterocycles. The smallest absolute Gasteiger partial charge is 0.407 e. The number of hydrogen-bond donors (Lipinski definition) is 2. The molecule has 0 saturated heterocycles. The molecular weight excluding hydrogens is 261 g/mol. The van der Waals surface area contributed by atoms with Crippen molar-refractivity contribution in [3.63, 3.8) is 0 Å². The number of phenolic OH excluding ortho intramolecular Hbond substituents is 1. The number of benzene rings is 2. The second-order valence-corrected chi connectivity index (χ2v) is 4.19. The number of carbonyl (C=O) groups is 1. The van der Waals surface area contributed by atoms with E-state index in [1.54, 1.807) is 0 Å². The van der Waals surface area contributed by atoms with Crippen molar-refractivity contribution in [2.45, 2.75) is 13.2 Å². The molecule has 0 fully saturated rings. The van der Waals surface area contributed by atoms with Gasteiger partial charge < -0.3 is 15.2 Å². The Balaban J connectivity index is 1.80. The van der Waals surface area contributed by atoms with E-state index in [1.807, 2.05) is 30.3 Å². The summed E-state index contributed by atoms with van der Waals surface area (Å²) < 4.78 is 17.8. The second kappa shape index (κ2) is 6.56. The Bertz CT molecular complexity index is 587. The Kier molecular flexibility index (Phi) is 4.55. The van der Waals surface area contributed by atoms with Crippen molar-refractivity contribution in [2.24, 2.45) is 0 Å². The van der Waals surface area contributed by atoms with E-state index in [1.165, 1.54) is 12.1 Å². The Morgan fingerprint density at radius 2 is 1.95 bits per heavy atom. The van der Waals surface area contributed by atoms with Crippen molar-refractivity contribution in [3.8, 4) is 5.75 Å². The molecule has 0 atom stereocenters. The number of phenols is 1. The molecule has 0 bridgehead atoms. The number of hydrogen-bond acceptors (Lipinski definition) is 3. The summed E-state index contributed by atoms with van der Waals surface area (Å²) in [6, 6.07) is 12.9. The highest BCUT2D eigenvalue weighted by atomic mass is 19.1. The van der Waals surface area contributed by atoms with E-state index >= 15 is 0 Å². The van der Waals surface area contributed by atoms with Crippen LogP contribution in [0.1, 0.15) is 11.1 Å². The van der Waals surface area contributed by atoms with Gasteiger partial charge in [-0.15, -0.1) is 0 Å². The van der Waals surface area contributed by atoms with Crippen LogP contribution in [0.3, 0.4) is 0 Å². The van der Waals surface area contributed by atoms with Crippen molar-refractivity contribution in [3.05, 3.63) is 65.5 Å². The van der Waals surface area contributed by atoms with Gasteiger partial charge in [0.05, 0.1) is 0 Å². The SMILES string of the molecule is O=C(NCc1ccc(F)cc1O)OCc1ccccc1. The molecule has 2 aromatic carbocycles. The Hall–Kier alpha value is -2.56. The van der Waals surface area contributed by atoms with Crippen LogP contribution in [0.5, 0.6) is 5.75 Å². The van der Waals surface area contributed by atoms with E-state index in [2.05, 4.69) is 5.32 Å². The number of ether oxygens (including phenoxy) is 1. The highest BCUT2D eigenvalue weighted by Crippen LogP contribution is 2.17. The van der Waals surface area contributed by atoms with Gasteiger partial charge in [0, 0.05) is 18.2 Å². The average Bonchev–Trinajstić information content (AvgIpc) is 2.45. The third-order valence-corrected chi connectivity index (χ3v) is 2.68. The second-order valence-electron chi connectivity index (χ2n) is 4.19. The number of halogens is 1. The summed E-state index contributed by atoms with van der Waals surface area (Å²) in [5.74, 6) is -0.730. The van der Waals surface area contributed by atoms with E-state index < -0.39 is 11.9 Å². The van der Waals surface area contributed by atoms with Crippen LogP contribution in [-0.2, 0) is 17.9 Å². The average molecular weight is 275 g/mol. The highest BCUT2D eigenvalue weighted by Gasteiger charge is 2.06. The lowest BCUT2D eigenvalue weighted by molar-refractivity contribution is 0.139. The van der Waals surface area contributed by atoms with Gasteiger partial charge in [-0.25, -0.2) is 9.18 Å². The summed E-state index contributed by atoms with van der Waals surface area (Å²) >= 11 is 0. The minimum absolute atomic E-state index is 0.0692. The molecule has 2 rings (SSSR count). The standard InChI is InChI=1S/C15H14FNO3/c16-13-7-6-12(14(18)8-13)9-17-15(19)20-10-11-4-2-1-3-5-11/h1-8,18H,9-10H2,(H,17,19). The molecule has 5 heteroatoms. The zero-order chi connectivity index (χ0) is 14.4. The van der Waals surface area contributed by atoms with Crippen LogP contribution in [0, 0.1) is 5.82 Å². The van der Waals surface area contributed by atoms with Gasteiger partial charge in [0.25, 0.3) is 0 Å². The molecule has 0 aliphatic rings. The van der Waals surface area contributed by atoms with Gasteiger partial charge in [0.1, 0.15) is 18.2 Å². The molecule has 2 N–H and O–H groups in total. The monoisotopic (exact) mass is 275 g/mol. The van der Waals surface area contributed by atoms with Gasteiger partial charge in [-0.1, -0.05) is 36.4 Å². The summed E-state index contributed by atoms with van der Waals surface area (Å²) in [4.78, 5) is 11.5.